The Morgan fingerprint density at radius 3 is 2.76 bits per heavy atom. The smallest absolute Gasteiger partial charge is 0.189 e. The van der Waals surface area contributed by atoms with Crippen LogP contribution in [0.15, 0.2) is 48.0 Å². The molecule has 0 spiro atoms. The normalized spacial score (nSPS) is 15.9. The predicted octanol–water partition coefficient (Wildman–Crippen LogP) is 4.56. The first kappa shape index (κ1) is 13.9. The molecule has 0 amide bonds. The summed E-state index contributed by atoms with van der Waals surface area (Å²) in [5.74, 6) is 0.891. The molecule has 3 rings (SSSR count). The molecule has 0 aliphatic heterocycles. The maximum absolute atomic E-state index is 12.6. The quantitative estimate of drug-likeness (QED) is 0.760. The van der Waals surface area contributed by atoms with Gasteiger partial charge in [0.15, 0.2) is 5.78 Å². The van der Waals surface area contributed by atoms with Crippen LogP contribution in [0, 0.1) is 0 Å². The van der Waals surface area contributed by atoms with Crippen LogP contribution in [-0.2, 0) is 6.42 Å². The molecule has 0 radical (unpaired) electrons. The molecule has 21 heavy (non-hydrogen) atoms. The molecule has 0 saturated carbocycles. The van der Waals surface area contributed by atoms with Crippen LogP contribution in [0.1, 0.15) is 27.9 Å². The second kappa shape index (κ2) is 5.74. The van der Waals surface area contributed by atoms with Crippen LogP contribution in [0.25, 0.3) is 6.08 Å². The van der Waals surface area contributed by atoms with Crippen molar-refractivity contribution < 1.29 is 9.53 Å². The molecule has 106 valence electrons. The van der Waals surface area contributed by atoms with Gasteiger partial charge in [-0.2, -0.15) is 0 Å². The van der Waals surface area contributed by atoms with Crippen molar-refractivity contribution in [2.45, 2.75) is 12.8 Å². The Morgan fingerprint density at radius 1 is 1.14 bits per heavy atom. The second-order valence-electron chi connectivity index (χ2n) is 5.08. The van der Waals surface area contributed by atoms with Crippen LogP contribution >= 0.6 is 11.6 Å². The number of aryl methyl sites for hydroxylation is 1. The van der Waals surface area contributed by atoms with E-state index in [9.17, 15) is 4.79 Å². The van der Waals surface area contributed by atoms with Crippen molar-refractivity contribution in [1.82, 2.24) is 0 Å². The van der Waals surface area contributed by atoms with Crippen molar-refractivity contribution >= 4 is 23.5 Å². The Balaban J connectivity index is 1.95. The van der Waals surface area contributed by atoms with Crippen molar-refractivity contribution in [3.05, 3.63) is 69.8 Å². The summed E-state index contributed by atoms with van der Waals surface area (Å²) in [5.41, 5.74) is 3.62. The zero-order chi connectivity index (χ0) is 14.8. The highest BCUT2D eigenvalue weighted by molar-refractivity contribution is 6.30. The van der Waals surface area contributed by atoms with E-state index in [1.165, 1.54) is 0 Å². The number of fused-ring (bicyclic) bond motifs is 1. The van der Waals surface area contributed by atoms with Gasteiger partial charge in [0, 0.05) is 16.2 Å². The molecule has 0 atom stereocenters. The molecule has 1 aliphatic carbocycles. The zero-order valence-corrected chi connectivity index (χ0v) is 12.5. The van der Waals surface area contributed by atoms with Crippen molar-refractivity contribution in [2.75, 3.05) is 7.11 Å². The third kappa shape index (κ3) is 2.86. The summed E-state index contributed by atoms with van der Waals surface area (Å²) >= 11 is 5.99. The van der Waals surface area contributed by atoms with Crippen LogP contribution in [0.5, 0.6) is 5.75 Å². The third-order valence-corrected chi connectivity index (χ3v) is 3.94. The first-order valence-corrected chi connectivity index (χ1v) is 7.23. The number of carbonyl (C=O) groups is 1. The fraction of sp³-hybridized carbons (Fsp3) is 0.167. The van der Waals surface area contributed by atoms with E-state index in [0.717, 1.165) is 40.9 Å². The SMILES string of the molecule is COc1ccc2c(c1)CC/C(=C\c1cccc(Cl)c1)C2=O. The maximum atomic E-state index is 12.6. The number of methoxy groups -OCH3 is 1. The van der Waals surface area contributed by atoms with Gasteiger partial charge in [0.2, 0.25) is 0 Å². The highest BCUT2D eigenvalue weighted by atomic mass is 35.5. The Labute approximate surface area is 129 Å². The van der Waals surface area contributed by atoms with E-state index in [-0.39, 0.29) is 5.78 Å². The van der Waals surface area contributed by atoms with E-state index in [1.807, 2.05) is 48.5 Å². The lowest BCUT2D eigenvalue weighted by molar-refractivity contribution is 0.102. The molecule has 0 saturated heterocycles. The lowest BCUT2D eigenvalue weighted by Gasteiger charge is -2.18. The van der Waals surface area contributed by atoms with Gasteiger partial charge in [0.1, 0.15) is 5.75 Å². The Kier molecular flexibility index (Phi) is 3.80. The monoisotopic (exact) mass is 298 g/mol. The van der Waals surface area contributed by atoms with Crippen molar-refractivity contribution in [3.63, 3.8) is 0 Å². The van der Waals surface area contributed by atoms with Crippen LogP contribution < -0.4 is 4.74 Å². The Morgan fingerprint density at radius 2 is 2.00 bits per heavy atom. The third-order valence-electron chi connectivity index (χ3n) is 3.70. The summed E-state index contributed by atoms with van der Waals surface area (Å²) in [6.07, 6.45) is 3.53. The number of Topliss-reactive ketones (excluding diaryl/α,β-unsaturated/α-hetero) is 1. The number of benzene rings is 2. The number of halogens is 1. The van der Waals surface area contributed by atoms with E-state index in [4.69, 9.17) is 16.3 Å². The fourth-order valence-corrected chi connectivity index (χ4v) is 2.82. The molecule has 0 bridgehead atoms. The zero-order valence-electron chi connectivity index (χ0n) is 11.7. The van der Waals surface area contributed by atoms with Gasteiger partial charge in [0.25, 0.3) is 0 Å². The van der Waals surface area contributed by atoms with Crippen molar-refractivity contribution in [3.8, 4) is 5.75 Å². The molecule has 0 unspecified atom stereocenters. The average molecular weight is 299 g/mol. The molecule has 2 aromatic carbocycles. The summed E-state index contributed by atoms with van der Waals surface area (Å²) in [6, 6.07) is 13.2. The van der Waals surface area contributed by atoms with E-state index in [2.05, 4.69) is 0 Å². The predicted molar refractivity (Wildman–Crippen MR) is 85.1 cm³/mol. The molecule has 1 aliphatic rings. The van der Waals surface area contributed by atoms with Gasteiger partial charge in [0.05, 0.1) is 7.11 Å². The number of rotatable bonds is 2. The lowest BCUT2D eigenvalue weighted by Crippen LogP contribution is -2.14. The number of allylic oxidation sites excluding steroid dienone is 1. The molecule has 2 aromatic rings. The summed E-state index contributed by atoms with van der Waals surface area (Å²) in [5, 5.41) is 0.678. The van der Waals surface area contributed by atoms with Gasteiger partial charge in [-0.1, -0.05) is 23.7 Å². The van der Waals surface area contributed by atoms with Gasteiger partial charge >= 0.3 is 0 Å². The van der Waals surface area contributed by atoms with Crippen LogP contribution in [0.3, 0.4) is 0 Å². The van der Waals surface area contributed by atoms with Gasteiger partial charge in [-0.3, -0.25) is 4.79 Å². The molecule has 0 fully saturated rings. The van der Waals surface area contributed by atoms with Gasteiger partial charge < -0.3 is 4.74 Å². The first-order valence-electron chi connectivity index (χ1n) is 6.85. The summed E-state index contributed by atoms with van der Waals surface area (Å²) in [6.45, 7) is 0. The molecule has 0 aromatic heterocycles. The first-order chi connectivity index (χ1) is 10.2. The van der Waals surface area contributed by atoms with Gasteiger partial charge in [-0.05, 0) is 60.4 Å². The number of ether oxygens (including phenoxy) is 1. The largest absolute Gasteiger partial charge is 0.497 e. The molecule has 0 heterocycles. The Bertz CT molecular complexity index is 732. The highest BCUT2D eigenvalue weighted by Gasteiger charge is 2.22. The molecule has 0 N–H and O–H groups in total. The van der Waals surface area contributed by atoms with Gasteiger partial charge in [-0.15, -0.1) is 0 Å². The van der Waals surface area contributed by atoms with E-state index in [1.54, 1.807) is 7.11 Å². The minimum absolute atomic E-state index is 0.0962. The summed E-state index contributed by atoms with van der Waals surface area (Å²) in [4.78, 5) is 12.6. The Hall–Kier alpha value is -2.06. The topological polar surface area (TPSA) is 26.3 Å². The minimum Gasteiger partial charge on any atom is -0.497 e. The van der Waals surface area contributed by atoms with E-state index < -0.39 is 0 Å². The summed E-state index contributed by atoms with van der Waals surface area (Å²) in [7, 11) is 1.64. The van der Waals surface area contributed by atoms with Crippen molar-refractivity contribution in [2.24, 2.45) is 0 Å². The maximum Gasteiger partial charge on any atom is 0.189 e. The molecular formula is C18H15ClO2. The number of hydrogen-bond donors (Lipinski definition) is 0. The fourth-order valence-electron chi connectivity index (χ4n) is 2.62. The van der Waals surface area contributed by atoms with Gasteiger partial charge in [-0.25, -0.2) is 0 Å². The van der Waals surface area contributed by atoms with Crippen LogP contribution in [0.2, 0.25) is 5.02 Å². The van der Waals surface area contributed by atoms with E-state index in [0.29, 0.717) is 5.02 Å². The highest BCUT2D eigenvalue weighted by Crippen LogP contribution is 2.29. The van der Waals surface area contributed by atoms with Crippen LogP contribution in [-0.4, -0.2) is 12.9 Å². The average Bonchev–Trinajstić information content (AvgIpc) is 2.50. The van der Waals surface area contributed by atoms with Crippen molar-refractivity contribution in [1.29, 1.82) is 0 Å². The second-order valence-corrected chi connectivity index (χ2v) is 5.51. The summed E-state index contributed by atoms with van der Waals surface area (Å²) < 4.78 is 5.21. The lowest BCUT2D eigenvalue weighted by atomic mass is 9.86. The number of hydrogen-bond acceptors (Lipinski definition) is 2. The number of ketones is 1. The molecule has 3 heteroatoms. The molecular weight excluding hydrogens is 284 g/mol. The van der Waals surface area contributed by atoms with E-state index >= 15 is 0 Å². The number of carbonyl (C=O) groups excluding carboxylic acids is 1. The standard InChI is InChI=1S/C18H15ClO2/c1-21-16-7-8-17-13(11-16)5-6-14(18(17)20)9-12-3-2-4-15(19)10-12/h2-4,7-11H,5-6H2,1H3/b14-9+. The minimum atomic E-state index is 0.0962. The van der Waals surface area contributed by atoms with Crippen LogP contribution in [0.4, 0.5) is 0 Å². The molecule has 2 nitrogen and oxygen atoms in total.